The van der Waals surface area contributed by atoms with E-state index in [9.17, 15) is 8.96 Å². The number of methoxy groups -OCH3 is 1. The fourth-order valence-corrected chi connectivity index (χ4v) is 3.46. The summed E-state index contributed by atoms with van der Waals surface area (Å²) in [5, 5.41) is 0. The second-order valence-corrected chi connectivity index (χ2v) is 7.52. The molecule has 1 aliphatic rings. The van der Waals surface area contributed by atoms with Crippen molar-refractivity contribution in [3.8, 4) is 0 Å². The highest BCUT2D eigenvalue weighted by Gasteiger charge is 2.58. The molecule has 5 atom stereocenters. The Balaban J connectivity index is 2.86. The molecule has 0 aromatic carbocycles. The predicted molar refractivity (Wildman–Crippen MR) is 91.3 cm³/mol. The first kappa shape index (κ1) is 23.0. The molecule has 7 nitrogen and oxygen atoms in total. The summed E-state index contributed by atoms with van der Waals surface area (Å²) in [4.78, 5) is 0. The van der Waals surface area contributed by atoms with Crippen LogP contribution >= 0.6 is 7.82 Å². The lowest BCUT2D eigenvalue weighted by Crippen LogP contribution is -2.49. The third-order valence-corrected chi connectivity index (χ3v) is 5.31. The minimum atomic E-state index is -3.99. The van der Waals surface area contributed by atoms with Crippen LogP contribution in [0.3, 0.4) is 0 Å². The number of ether oxygens (including phenoxy) is 3. The molecular weight excluding hydrogens is 353 g/mol. The lowest BCUT2D eigenvalue weighted by atomic mass is 9.93. The molecule has 146 valence electrons. The van der Waals surface area contributed by atoms with Gasteiger partial charge in [0.05, 0.1) is 12.6 Å². The Morgan fingerprint density at radius 1 is 1.20 bits per heavy atom. The number of hydrogen-bond donors (Lipinski definition) is 0. The van der Waals surface area contributed by atoms with E-state index in [1.807, 2.05) is 13.8 Å². The van der Waals surface area contributed by atoms with E-state index in [0.717, 1.165) is 19.3 Å². The molecule has 4 unspecified atom stereocenters. The molecule has 1 saturated heterocycles. The van der Waals surface area contributed by atoms with Crippen molar-refractivity contribution in [1.82, 2.24) is 0 Å². The van der Waals surface area contributed by atoms with Gasteiger partial charge in [-0.2, -0.15) is 0 Å². The standard InChI is InChI=1S/C15H29BFO7P/c1-5-7-9-21-11-15(19-3)13(12(17)14(16)23-15)24-25(18,20-4)22-10-8-6-2/h12-14H,5-11H2,1-4H3/t12?,13?,14?,15-,25?/m1/s1. The number of hydrogen-bond acceptors (Lipinski definition) is 7. The van der Waals surface area contributed by atoms with Crippen molar-refractivity contribution in [3.05, 3.63) is 0 Å². The molecule has 1 rings (SSSR count). The van der Waals surface area contributed by atoms with E-state index in [1.165, 1.54) is 14.2 Å². The molecular formula is C15H29BFO7P. The average molecular weight is 382 g/mol. The summed E-state index contributed by atoms with van der Waals surface area (Å²) in [6, 6.07) is -1.30. The summed E-state index contributed by atoms with van der Waals surface area (Å²) in [7, 11) is 4.14. The van der Waals surface area contributed by atoms with E-state index in [-0.39, 0.29) is 13.2 Å². The fourth-order valence-electron chi connectivity index (χ4n) is 2.30. The molecule has 0 bridgehead atoms. The Morgan fingerprint density at radius 3 is 2.40 bits per heavy atom. The van der Waals surface area contributed by atoms with Gasteiger partial charge in [-0.1, -0.05) is 26.7 Å². The number of unbranched alkanes of at least 4 members (excludes halogenated alkanes) is 2. The highest BCUT2D eigenvalue weighted by atomic mass is 31.2. The summed E-state index contributed by atoms with van der Waals surface area (Å²) >= 11 is 0. The fraction of sp³-hybridized carbons (Fsp3) is 1.00. The number of alkyl halides is 1. The van der Waals surface area contributed by atoms with Crippen LogP contribution in [0.25, 0.3) is 0 Å². The van der Waals surface area contributed by atoms with E-state index < -0.39 is 31.9 Å². The van der Waals surface area contributed by atoms with Crippen molar-refractivity contribution >= 4 is 15.7 Å². The van der Waals surface area contributed by atoms with Gasteiger partial charge >= 0.3 is 7.82 Å². The summed E-state index contributed by atoms with van der Waals surface area (Å²) in [5.74, 6) is -1.63. The van der Waals surface area contributed by atoms with Crippen molar-refractivity contribution in [2.75, 3.05) is 34.0 Å². The molecule has 2 radical (unpaired) electrons. The zero-order valence-electron chi connectivity index (χ0n) is 15.4. The maximum atomic E-state index is 14.6. The predicted octanol–water partition coefficient (Wildman–Crippen LogP) is 2.97. The lowest BCUT2D eigenvalue weighted by Gasteiger charge is -2.33. The highest BCUT2D eigenvalue weighted by Crippen LogP contribution is 2.53. The van der Waals surface area contributed by atoms with Gasteiger partial charge in [0, 0.05) is 20.8 Å². The first-order valence-electron chi connectivity index (χ1n) is 8.57. The van der Waals surface area contributed by atoms with Gasteiger partial charge in [0.2, 0.25) is 5.79 Å². The molecule has 0 N–H and O–H groups in total. The number of halogens is 1. The minimum absolute atomic E-state index is 0.124. The molecule has 1 fully saturated rings. The first-order valence-corrected chi connectivity index (χ1v) is 10.0. The van der Waals surface area contributed by atoms with Crippen LogP contribution in [0.2, 0.25) is 0 Å². The van der Waals surface area contributed by atoms with E-state index in [2.05, 4.69) is 0 Å². The molecule has 0 amide bonds. The Morgan fingerprint density at radius 2 is 1.84 bits per heavy atom. The van der Waals surface area contributed by atoms with Crippen LogP contribution in [-0.4, -0.2) is 66.0 Å². The van der Waals surface area contributed by atoms with Crippen LogP contribution in [-0.2, 0) is 32.3 Å². The molecule has 1 aliphatic heterocycles. The summed E-state index contributed by atoms with van der Waals surface area (Å²) in [6.07, 6.45) is 0.0598. The number of phosphoric ester groups is 1. The Bertz CT molecular complexity index is 431. The first-order chi connectivity index (χ1) is 11.9. The second kappa shape index (κ2) is 11.0. The van der Waals surface area contributed by atoms with Gasteiger partial charge in [0.1, 0.15) is 20.6 Å². The van der Waals surface area contributed by atoms with Crippen LogP contribution in [0, 0.1) is 0 Å². The third kappa shape index (κ3) is 6.27. The largest absolute Gasteiger partial charge is 0.475 e. The smallest absolute Gasteiger partial charge is 0.376 e. The topological polar surface area (TPSA) is 72.5 Å². The highest BCUT2D eigenvalue weighted by molar-refractivity contribution is 7.48. The maximum absolute atomic E-state index is 14.6. The maximum Gasteiger partial charge on any atom is 0.475 e. The number of phosphoric acid groups is 1. The molecule has 1 heterocycles. The van der Waals surface area contributed by atoms with Crippen molar-refractivity contribution in [3.63, 3.8) is 0 Å². The molecule has 0 saturated carbocycles. The van der Waals surface area contributed by atoms with E-state index >= 15 is 0 Å². The monoisotopic (exact) mass is 382 g/mol. The second-order valence-electron chi connectivity index (χ2n) is 5.79. The minimum Gasteiger partial charge on any atom is -0.376 e. The van der Waals surface area contributed by atoms with E-state index in [1.54, 1.807) is 0 Å². The Hall–Kier alpha value is -0.0151. The van der Waals surface area contributed by atoms with Crippen molar-refractivity contribution in [1.29, 1.82) is 0 Å². The zero-order chi connectivity index (χ0) is 18.9. The van der Waals surface area contributed by atoms with Gasteiger partial charge in [-0.3, -0.25) is 13.6 Å². The van der Waals surface area contributed by atoms with Crippen molar-refractivity contribution < 1.29 is 36.7 Å². The van der Waals surface area contributed by atoms with E-state index in [4.69, 9.17) is 35.6 Å². The summed E-state index contributed by atoms with van der Waals surface area (Å²) in [5.41, 5.74) is 0. The lowest BCUT2D eigenvalue weighted by molar-refractivity contribution is -0.259. The zero-order valence-corrected chi connectivity index (χ0v) is 16.3. The van der Waals surface area contributed by atoms with Gasteiger partial charge in [0.15, 0.2) is 6.10 Å². The Kier molecular flexibility index (Phi) is 10.1. The quantitative estimate of drug-likeness (QED) is 0.276. The van der Waals surface area contributed by atoms with Crippen molar-refractivity contribution in [2.45, 2.75) is 63.6 Å². The molecule has 0 spiro atoms. The number of rotatable bonds is 13. The Labute approximate surface area is 150 Å². The van der Waals surface area contributed by atoms with Gasteiger partial charge in [-0.25, -0.2) is 8.96 Å². The normalized spacial score (nSPS) is 32.0. The van der Waals surface area contributed by atoms with Gasteiger partial charge in [-0.05, 0) is 12.8 Å². The molecule has 25 heavy (non-hydrogen) atoms. The molecule has 0 aliphatic carbocycles. The molecule has 0 aromatic heterocycles. The molecule has 10 heteroatoms. The average Bonchev–Trinajstić information content (AvgIpc) is 2.84. The SMILES string of the molecule is [B]C1O[C@@](COCCCC)(OC)C(OP(=O)(OC)OCCCC)C1F. The molecule has 0 aromatic rings. The van der Waals surface area contributed by atoms with Gasteiger partial charge in [0.25, 0.3) is 0 Å². The van der Waals surface area contributed by atoms with Gasteiger partial charge < -0.3 is 14.2 Å². The van der Waals surface area contributed by atoms with Gasteiger partial charge in [-0.15, -0.1) is 0 Å². The summed E-state index contributed by atoms with van der Waals surface area (Å²) in [6.45, 7) is 4.45. The van der Waals surface area contributed by atoms with Crippen LogP contribution < -0.4 is 0 Å². The summed E-state index contributed by atoms with van der Waals surface area (Å²) < 4.78 is 58.8. The van der Waals surface area contributed by atoms with E-state index in [0.29, 0.717) is 13.0 Å². The van der Waals surface area contributed by atoms with Crippen LogP contribution in [0.4, 0.5) is 4.39 Å². The third-order valence-electron chi connectivity index (χ3n) is 3.88. The van der Waals surface area contributed by atoms with Crippen LogP contribution in [0.5, 0.6) is 0 Å². The van der Waals surface area contributed by atoms with Crippen molar-refractivity contribution in [2.24, 2.45) is 0 Å². The van der Waals surface area contributed by atoms with Crippen LogP contribution in [0.1, 0.15) is 39.5 Å². The van der Waals surface area contributed by atoms with Crippen LogP contribution in [0.15, 0.2) is 0 Å².